The van der Waals surface area contributed by atoms with E-state index >= 15 is 0 Å². The average Bonchev–Trinajstić information content (AvgIpc) is 2.68. The van der Waals surface area contributed by atoms with E-state index in [9.17, 15) is 9.90 Å². The molecule has 5 N–H and O–H groups in total. The molecule has 0 bridgehead atoms. The number of carbonyl (C=O) groups excluding carboxylic acids is 1. The number of aliphatic hydroxyl groups excluding tert-OH is 1. The van der Waals surface area contributed by atoms with E-state index in [0.717, 1.165) is 42.4 Å². The van der Waals surface area contributed by atoms with E-state index in [-0.39, 0.29) is 24.1 Å². The third-order valence-corrected chi connectivity index (χ3v) is 5.02. The maximum atomic E-state index is 11.7. The Labute approximate surface area is 164 Å². The molecule has 0 unspecified atom stereocenters. The highest BCUT2D eigenvalue weighted by atomic mass is 16.3. The Hall–Kier alpha value is -2.80. The first-order valence-corrected chi connectivity index (χ1v) is 9.70. The van der Waals surface area contributed by atoms with E-state index in [2.05, 4.69) is 15.3 Å². The van der Waals surface area contributed by atoms with Gasteiger partial charge < -0.3 is 16.2 Å². The molecular weight excluding hydrogens is 354 g/mol. The summed E-state index contributed by atoms with van der Waals surface area (Å²) in [4.78, 5) is 20.6. The number of anilines is 1. The van der Waals surface area contributed by atoms with Crippen LogP contribution in [0.1, 0.15) is 44.1 Å². The van der Waals surface area contributed by atoms with Crippen LogP contribution in [0.2, 0.25) is 0 Å². The highest BCUT2D eigenvalue weighted by Crippen LogP contribution is 2.23. The zero-order valence-corrected chi connectivity index (χ0v) is 15.9. The Morgan fingerprint density at radius 1 is 1.18 bits per heavy atom. The molecule has 7 heteroatoms. The third-order valence-electron chi connectivity index (χ3n) is 5.02. The number of amidine groups is 1. The zero-order chi connectivity index (χ0) is 19.9. The first-order chi connectivity index (χ1) is 13.5. The number of aliphatic hydroxyl groups is 1. The maximum absolute atomic E-state index is 11.7. The molecule has 0 spiro atoms. The summed E-state index contributed by atoms with van der Waals surface area (Å²) in [7, 11) is 0. The van der Waals surface area contributed by atoms with Crippen LogP contribution in [0.25, 0.3) is 11.1 Å². The van der Waals surface area contributed by atoms with Crippen molar-refractivity contribution < 1.29 is 9.90 Å². The molecule has 28 heavy (non-hydrogen) atoms. The molecule has 0 aliphatic heterocycles. The summed E-state index contributed by atoms with van der Waals surface area (Å²) in [6.45, 7) is 0. The van der Waals surface area contributed by atoms with Gasteiger partial charge in [-0.1, -0.05) is 24.3 Å². The Morgan fingerprint density at radius 2 is 1.89 bits per heavy atom. The summed E-state index contributed by atoms with van der Waals surface area (Å²) in [6, 6.07) is 8.29. The standard InChI is InChI=1S/C21H27N5O2/c22-20(23)11-19(28)7-4-14-2-1-3-15(10-14)16-12-24-21(25-13-16)26-17-5-8-18(27)9-6-17/h1-3,10,12-13,17-18,27H,4-9,11H2,(H3,22,23)(H,24,25,26). The van der Waals surface area contributed by atoms with Crippen molar-refractivity contribution in [1.29, 1.82) is 5.41 Å². The molecule has 1 aliphatic rings. The summed E-state index contributed by atoms with van der Waals surface area (Å²) >= 11 is 0. The molecule has 1 aromatic heterocycles. The van der Waals surface area contributed by atoms with Crippen molar-refractivity contribution in [3.63, 3.8) is 0 Å². The molecular formula is C21H27N5O2. The van der Waals surface area contributed by atoms with E-state index in [0.29, 0.717) is 24.8 Å². The predicted molar refractivity (Wildman–Crippen MR) is 109 cm³/mol. The number of nitrogens with zero attached hydrogens (tertiary/aromatic N) is 2. The Balaban J connectivity index is 1.59. The van der Waals surface area contributed by atoms with E-state index in [1.165, 1.54) is 0 Å². The molecule has 1 saturated carbocycles. The molecule has 1 aliphatic carbocycles. The van der Waals surface area contributed by atoms with Crippen molar-refractivity contribution in [2.75, 3.05) is 5.32 Å². The molecule has 0 atom stereocenters. The maximum Gasteiger partial charge on any atom is 0.222 e. The summed E-state index contributed by atoms with van der Waals surface area (Å²) in [5.41, 5.74) is 8.25. The van der Waals surface area contributed by atoms with E-state index in [1.54, 1.807) is 12.4 Å². The van der Waals surface area contributed by atoms with Gasteiger partial charge in [0.25, 0.3) is 0 Å². The van der Waals surface area contributed by atoms with Crippen molar-refractivity contribution >= 4 is 17.6 Å². The number of aryl methyl sites for hydroxylation is 1. The van der Waals surface area contributed by atoms with Gasteiger partial charge in [0.1, 0.15) is 5.78 Å². The van der Waals surface area contributed by atoms with Crippen molar-refractivity contribution in [3.8, 4) is 11.1 Å². The van der Waals surface area contributed by atoms with Crippen LogP contribution in [-0.2, 0) is 11.2 Å². The fourth-order valence-corrected chi connectivity index (χ4v) is 3.45. The van der Waals surface area contributed by atoms with Crippen molar-refractivity contribution in [2.45, 2.75) is 57.1 Å². The largest absolute Gasteiger partial charge is 0.393 e. The molecule has 1 heterocycles. The van der Waals surface area contributed by atoms with Gasteiger partial charge in [-0.3, -0.25) is 10.2 Å². The lowest BCUT2D eigenvalue weighted by Gasteiger charge is -2.26. The smallest absolute Gasteiger partial charge is 0.222 e. The fourth-order valence-electron chi connectivity index (χ4n) is 3.45. The van der Waals surface area contributed by atoms with Crippen LogP contribution >= 0.6 is 0 Å². The molecule has 2 aromatic rings. The highest BCUT2D eigenvalue weighted by molar-refractivity contribution is 5.98. The van der Waals surface area contributed by atoms with Gasteiger partial charge >= 0.3 is 0 Å². The molecule has 7 nitrogen and oxygen atoms in total. The van der Waals surface area contributed by atoms with Gasteiger partial charge in [0.2, 0.25) is 5.95 Å². The predicted octanol–water partition coefficient (Wildman–Crippen LogP) is 2.69. The lowest BCUT2D eigenvalue weighted by molar-refractivity contribution is -0.117. The van der Waals surface area contributed by atoms with Gasteiger partial charge in [-0.05, 0) is 43.2 Å². The number of ketones is 1. The number of hydrogen-bond acceptors (Lipinski definition) is 6. The monoisotopic (exact) mass is 381 g/mol. The first kappa shape index (κ1) is 19.9. The van der Waals surface area contributed by atoms with Gasteiger partial charge in [-0.15, -0.1) is 0 Å². The SMILES string of the molecule is N=C(N)CC(=O)CCc1cccc(-c2cnc(NC3CCC(O)CC3)nc2)c1. The molecule has 0 amide bonds. The molecule has 0 radical (unpaired) electrons. The van der Waals surface area contributed by atoms with Crippen molar-refractivity contribution in [1.82, 2.24) is 9.97 Å². The van der Waals surface area contributed by atoms with Crippen LogP contribution in [0.3, 0.4) is 0 Å². The lowest BCUT2D eigenvalue weighted by atomic mass is 9.93. The highest BCUT2D eigenvalue weighted by Gasteiger charge is 2.19. The number of hydrogen-bond donors (Lipinski definition) is 4. The van der Waals surface area contributed by atoms with E-state index in [1.807, 2.05) is 24.3 Å². The minimum absolute atomic E-state index is 0.0158. The summed E-state index contributed by atoms with van der Waals surface area (Å²) in [5, 5.41) is 20.1. The number of carbonyl (C=O) groups is 1. The quantitative estimate of drug-likeness (QED) is 0.411. The van der Waals surface area contributed by atoms with Gasteiger partial charge in [0, 0.05) is 30.4 Å². The Morgan fingerprint density at radius 3 is 2.57 bits per heavy atom. The summed E-state index contributed by atoms with van der Waals surface area (Å²) < 4.78 is 0. The fraction of sp³-hybridized carbons (Fsp3) is 0.429. The molecule has 148 valence electrons. The van der Waals surface area contributed by atoms with Crippen LogP contribution in [0, 0.1) is 5.41 Å². The minimum Gasteiger partial charge on any atom is -0.393 e. The molecule has 3 rings (SSSR count). The zero-order valence-electron chi connectivity index (χ0n) is 15.9. The van der Waals surface area contributed by atoms with E-state index in [4.69, 9.17) is 11.1 Å². The summed E-state index contributed by atoms with van der Waals surface area (Å²) in [6.07, 6.45) is 7.92. The van der Waals surface area contributed by atoms with Gasteiger partial charge in [0.15, 0.2) is 0 Å². The normalized spacial score (nSPS) is 19.2. The second-order valence-electron chi connectivity index (χ2n) is 7.39. The molecule has 0 saturated heterocycles. The number of rotatable bonds is 8. The Kier molecular flexibility index (Phi) is 6.71. The van der Waals surface area contributed by atoms with Crippen molar-refractivity contribution in [3.05, 3.63) is 42.2 Å². The second-order valence-corrected chi connectivity index (χ2v) is 7.39. The van der Waals surface area contributed by atoms with Gasteiger partial charge in [0.05, 0.1) is 18.4 Å². The van der Waals surface area contributed by atoms with Crippen LogP contribution in [0.15, 0.2) is 36.7 Å². The topological polar surface area (TPSA) is 125 Å². The number of aromatic nitrogens is 2. The van der Waals surface area contributed by atoms with Crippen LogP contribution in [0.5, 0.6) is 0 Å². The Bertz CT molecular complexity index is 814. The van der Waals surface area contributed by atoms with Crippen LogP contribution in [0.4, 0.5) is 5.95 Å². The van der Waals surface area contributed by atoms with Gasteiger partial charge in [-0.2, -0.15) is 0 Å². The molecule has 1 aromatic carbocycles. The van der Waals surface area contributed by atoms with Crippen LogP contribution in [-0.4, -0.2) is 38.8 Å². The number of benzene rings is 1. The number of nitrogens with one attached hydrogen (secondary N) is 2. The lowest BCUT2D eigenvalue weighted by Crippen LogP contribution is -2.28. The van der Waals surface area contributed by atoms with E-state index < -0.39 is 0 Å². The number of nitrogens with two attached hydrogens (primary N) is 1. The van der Waals surface area contributed by atoms with Crippen molar-refractivity contribution in [2.24, 2.45) is 5.73 Å². The second kappa shape index (κ2) is 9.41. The average molecular weight is 381 g/mol. The first-order valence-electron chi connectivity index (χ1n) is 9.70. The van der Waals surface area contributed by atoms with Gasteiger partial charge in [-0.25, -0.2) is 9.97 Å². The molecule has 1 fully saturated rings. The minimum atomic E-state index is -0.175. The van der Waals surface area contributed by atoms with Crippen LogP contribution < -0.4 is 11.1 Å². The summed E-state index contributed by atoms with van der Waals surface area (Å²) in [5.74, 6) is 0.497. The third kappa shape index (κ3) is 5.85. The number of Topliss-reactive ketones (excluding diaryl/α,β-unsaturated/α-hetero) is 1.